The van der Waals surface area contributed by atoms with Crippen LogP contribution in [0.5, 0.6) is 0 Å². The van der Waals surface area contributed by atoms with E-state index in [0.29, 0.717) is 0 Å². The molecule has 5 heteroatoms. The van der Waals surface area contributed by atoms with Crippen molar-refractivity contribution < 1.29 is 40.6 Å². The molecule has 0 amide bonds. The van der Waals surface area contributed by atoms with E-state index in [-0.39, 0.29) is 31.6 Å². The number of carbonyl (C=O) groups is 1. The maximum atomic E-state index is 9.88. The van der Waals surface area contributed by atoms with Crippen molar-refractivity contribution in [3.63, 3.8) is 0 Å². The molecule has 4 nitrogen and oxygen atoms in total. The second-order valence-corrected chi connectivity index (χ2v) is 1.16. The fourth-order valence-electron chi connectivity index (χ4n) is 0.176. The van der Waals surface area contributed by atoms with Crippen molar-refractivity contribution in [3.05, 3.63) is 0 Å². The summed E-state index contributed by atoms with van der Waals surface area (Å²) < 4.78 is 0. The third kappa shape index (κ3) is 5.68. The summed E-state index contributed by atoms with van der Waals surface area (Å²) in [6, 6.07) is 0. The summed E-state index contributed by atoms with van der Waals surface area (Å²) in [7, 11) is 1.30. The molecule has 0 aromatic heterocycles. The van der Waals surface area contributed by atoms with Crippen LogP contribution in [0.1, 0.15) is 6.92 Å². The first-order valence-electron chi connectivity index (χ1n) is 1.99. The maximum absolute atomic E-state index is 9.88. The molecular weight excluding hydrogens is 289 g/mol. The summed E-state index contributed by atoms with van der Waals surface area (Å²) in [5.74, 6) is -1.06. The van der Waals surface area contributed by atoms with Gasteiger partial charge in [0.1, 0.15) is 7.11 Å². The Morgan fingerprint density at radius 2 is 2.11 bits per heavy atom. The average molecular weight is 296 g/mol. The molecule has 0 aliphatic carbocycles. The molecule has 0 radical (unpaired) electrons. The van der Waals surface area contributed by atoms with E-state index >= 15 is 0 Å². The second-order valence-electron chi connectivity index (χ2n) is 1.16. The van der Waals surface area contributed by atoms with Crippen LogP contribution >= 0.6 is 0 Å². The first kappa shape index (κ1) is 11.6. The standard InChI is InChI=1S/C4H7NO3.Hf/c1-3(4(6)7)5-8-2;/h1-2H3,(H,6,7);. The Hall–Kier alpha value is -0.190. The molecule has 0 unspecified atom stereocenters. The van der Waals surface area contributed by atoms with Crippen LogP contribution in [-0.4, -0.2) is 23.9 Å². The van der Waals surface area contributed by atoms with Gasteiger partial charge in [0.25, 0.3) is 0 Å². The monoisotopic (exact) mass is 297 g/mol. The molecular formula is C4H7HfNO3. The van der Waals surface area contributed by atoms with E-state index in [2.05, 4.69) is 9.99 Å². The number of aliphatic carboxylic acids is 1. The van der Waals surface area contributed by atoms with Crippen molar-refractivity contribution >= 4 is 11.7 Å². The van der Waals surface area contributed by atoms with E-state index in [9.17, 15) is 4.79 Å². The molecule has 0 atom stereocenters. The molecule has 0 saturated heterocycles. The van der Waals surface area contributed by atoms with Crippen LogP contribution in [0.25, 0.3) is 0 Å². The van der Waals surface area contributed by atoms with Gasteiger partial charge in [0.05, 0.1) is 0 Å². The summed E-state index contributed by atoms with van der Waals surface area (Å²) in [5.41, 5.74) is -0.0486. The Balaban J connectivity index is 0. The van der Waals surface area contributed by atoms with Crippen molar-refractivity contribution in [1.82, 2.24) is 0 Å². The topological polar surface area (TPSA) is 58.9 Å². The van der Waals surface area contributed by atoms with E-state index in [1.807, 2.05) is 0 Å². The van der Waals surface area contributed by atoms with Crippen LogP contribution in [-0.2, 0) is 35.5 Å². The zero-order valence-electron chi connectivity index (χ0n) is 5.21. The minimum Gasteiger partial charge on any atom is -0.477 e. The summed E-state index contributed by atoms with van der Waals surface area (Å²) in [6.07, 6.45) is 0. The van der Waals surface area contributed by atoms with Gasteiger partial charge in [0.2, 0.25) is 0 Å². The van der Waals surface area contributed by atoms with Crippen molar-refractivity contribution in [2.24, 2.45) is 5.16 Å². The van der Waals surface area contributed by atoms with Gasteiger partial charge in [-0.2, -0.15) is 0 Å². The molecule has 50 valence electrons. The van der Waals surface area contributed by atoms with Gasteiger partial charge in [-0.1, -0.05) is 5.16 Å². The maximum Gasteiger partial charge on any atom is 0.353 e. The van der Waals surface area contributed by atoms with E-state index in [1.165, 1.54) is 14.0 Å². The zero-order valence-corrected chi connectivity index (χ0v) is 8.80. The summed E-state index contributed by atoms with van der Waals surface area (Å²) in [6.45, 7) is 1.35. The molecule has 0 aromatic rings. The van der Waals surface area contributed by atoms with Crippen LogP contribution in [0.3, 0.4) is 0 Å². The van der Waals surface area contributed by atoms with Crippen molar-refractivity contribution in [3.8, 4) is 0 Å². The molecule has 0 rings (SSSR count). The number of hydrogen-bond donors (Lipinski definition) is 1. The Morgan fingerprint density at radius 3 is 2.22 bits per heavy atom. The number of carboxylic acid groups (broad SMARTS) is 1. The minimum absolute atomic E-state index is 0. The van der Waals surface area contributed by atoms with Crippen LogP contribution in [0.4, 0.5) is 0 Å². The van der Waals surface area contributed by atoms with Gasteiger partial charge in [-0.25, -0.2) is 4.79 Å². The van der Waals surface area contributed by atoms with Crippen LogP contribution in [0.15, 0.2) is 5.16 Å². The van der Waals surface area contributed by atoms with E-state index in [1.54, 1.807) is 0 Å². The number of rotatable bonds is 2. The largest absolute Gasteiger partial charge is 0.477 e. The molecule has 0 spiro atoms. The average Bonchev–Trinajstić information content (AvgIpc) is 1.67. The van der Waals surface area contributed by atoms with E-state index in [0.717, 1.165) is 0 Å². The second kappa shape index (κ2) is 5.94. The Kier molecular flexibility index (Phi) is 7.65. The normalized spacial score (nSPS) is 9.78. The molecule has 0 bridgehead atoms. The van der Waals surface area contributed by atoms with Gasteiger partial charge in [0.15, 0.2) is 5.71 Å². The Labute approximate surface area is 71.7 Å². The summed E-state index contributed by atoms with van der Waals surface area (Å²) >= 11 is 0. The zero-order chi connectivity index (χ0) is 6.57. The number of oxime groups is 1. The molecule has 9 heavy (non-hydrogen) atoms. The first-order chi connectivity index (χ1) is 3.68. The van der Waals surface area contributed by atoms with Crippen molar-refractivity contribution in [1.29, 1.82) is 0 Å². The Morgan fingerprint density at radius 1 is 1.67 bits per heavy atom. The summed E-state index contributed by atoms with van der Waals surface area (Å²) in [4.78, 5) is 14.1. The Bertz CT molecular complexity index is 123. The van der Waals surface area contributed by atoms with Gasteiger partial charge in [-0.05, 0) is 6.92 Å². The minimum atomic E-state index is -1.06. The molecule has 0 aliphatic rings. The third-order valence-corrected chi connectivity index (χ3v) is 0.538. The van der Waals surface area contributed by atoms with Crippen LogP contribution < -0.4 is 0 Å². The summed E-state index contributed by atoms with van der Waals surface area (Å²) in [5, 5.41) is 11.2. The van der Waals surface area contributed by atoms with Crippen molar-refractivity contribution in [2.45, 2.75) is 6.92 Å². The van der Waals surface area contributed by atoms with Crippen LogP contribution in [0.2, 0.25) is 0 Å². The van der Waals surface area contributed by atoms with Gasteiger partial charge in [-0.3, -0.25) is 0 Å². The fraction of sp³-hybridized carbons (Fsp3) is 0.500. The van der Waals surface area contributed by atoms with Crippen molar-refractivity contribution in [2.75, 3.05) is 7.11 Å². The fourth-order valence-corrected chi connectivity index (χ4v) is 0.176. The molecule has 0 saturated carbocycles. The van der Waals surface area contributed by atoms with Gasteiger partial charge < -0.3 is 9.94 Å². The SMILES string of the molecule is CON=C(C)C(=O)O.[Hf]. The predicted octanol–water partition coefficient (Wildman–Crippen LogP) is 0.0908. The quantitative estimate of drug-likeness (QED) is 0.446. The first-order valence-corrected chi connectivity index (χ1v) is 1.99. The van der Waals surface area contributed by atoms with E-state index in [4.69, 9.17) is 5.11 Å². The van der Waals surface area contributed by atoms with Gasteiger partial charge in [0, 0.05) is 25.8 Å². The van der Waals surface area contributed by atoms with E-state index < -0.39 is 5.97 Å². The number of hydrogen-bond acceptors (Lipinski definition) is 3. The predicted molar refractivity (Wildman–Crippen MR) is 27.8 cm³/mol. The molecule has 1 N–H and O–H groups in total. The van der Waals surface area contributed by atoms with Gasteiger partial charge >= 0.3 is 5.97 Å². The molecule has 0 heterocycles. The smallest absolute Gasteiger partial charge is 0.353 e. The molecule has 0 fully saturated rings. The number of nitrogens with zero attached hydrogens (tertiary/aromatic N) is 1. The van der Waals surface area contributed by atoms with Crippen LogP contribution in [0, 0.1) is 0 Å². The third-order valence-electron chi connectivity index (χ3n) is 0.538. The number of carboxylic acids is 1. The van der Waals surface area contributed by atoms with Gasteiger partial charge in [-0.15, -0.1) is 0 Å². The molecule has 0 aromatic carbocycles. The molecule has 0 aliphatic heterocycles.